The summed E-state index contributed by atoms with van der Waals surface area (Å²) in [5.74, 6) is -0.841. The number of imidazole rings is 1. The zero-order chi connectivity index (χ0) is 13.4. The SMILES string of the molecule is O=C(O)CSc1nc2cc(Cl)cnc2n1C1CCC1. The molecule has 0 amide bonds. The largest absolute Gasteiger partial charge is 0.481 e. The summed E-state index contributed by atoms with van der Waals surface area (Å²) in [5, 5.41) is 10.1. The Kier molecular flexibility index (Phi) is 3.36. The second-order valence-corrected chi connectivity index (χ2v) is 5.91. The molecule has 0 bridgehead atoms. The van der Waals surface area contributed by atoms with E-state index in [2.05, 4.69) is 14.5 Å². The number of carboxylic acids is 1. The predicted octanol–water partition coefficient (Wildman–Crippen LogP) is 2.99. The number of fused-ring (bicyclic) bond motifs is 1. The van der Waals surface area contributed by atoms with Gasteiger partial charge in [-0.1, -0.05) is 23.4 Å². The number of rotatable bonds is 4. The number of thioether (sulfide) groups is 1. The Morgan fingerprint density at radius 1 is 1.58 bits per heavy atom. The van der Waals surface area contributed by atoms with E-state index in [0.717, 1.165) is 29.2 Å². The van der Waals surface area contributed by atoms with Crippen LogP contribution in [0.4, 0.5) is 0 Å². The highest BCUT2D eigenvalue weighted by Crippen LogP contribution is 2.37. The summed E-state index contributed by atoms with van der Waals surface area (Å²) in [6.07, 6.45) is 4.99. The summed E-state index contributed by atoms with van der Waals surface area (Å²) >= 11 is 7.16. The molecule has 0 unspecified atom stereocenters. The van der Waals surface area contributed by atoms with E-state index in [1.54, 1.807) is 12.3 Å². The molecule has 5 nitrogen and oxygen atoms in total. The van der Waals surface area contributed by atoms with Gasteiger partial charge >= 0.3 is 5.97 Å². The van der Waals surface area contributed by atoms with Crippen molar-refractivity contribution in [1.82, 2.24) is 14.5 Å². The van der Waals surface area contributed by atoms with Crippen LogP contribution in [0.15, 0.2) is 17.4 Å². The number of nitrogens with zero attached hydrogens (tertiary/aromatic N) is 3. The first-order valence-electron chi connectivity index (χ1n) is 6.03. The molecule has 2 aromatic heterocycles. The molecule has 0 spiro atoms. The maximum absolute atomic E-state index is 10.7. The first-order valence-corrected chi connectivity index (χ1v) is 7.39. The maximum atomic E-state index is 10.7. The van der Waals surface area contributed by atoms with Crippen molar-refractivity contribution in [1.29, 1.82) is 0 Å². The van der Waals surface area contributed by atoms with Gasteiger partial charge in [0.05, 0.1) is 10.8 Å². The maximum Gasteiger partial charge on any atom is 0.313 e. The third-order valence-corrected chi connectivity index (χ3v) is 4.37. The number of hydrogen-bond donors (Lipinski definition) is 1. The van der Waals surface area contributed by atoms with Crippen molar-refractivity contribution in [3.63, 3.8) is 0 Å². The van der Waals surface area contributed by atoms with E-state index in [4.69, 9.17) is 16.7 Å². The van der Waals surface area contributed by atoms with Crippen molar-refractivity contribution < 1.29 is 9.90 Å². The second-order valence-electron chi connectivity index (χ2n) is 4.53. The third kappa shape index (κ3) is 2.42. The van der Waals surface area contributed by atoms with E-state index in [9.17, 15) is 4.79 Å². The van der Waals surface area contributed by atoms with Gasteiger partial charge in [-0.25, -0.2) is 9.97 Å². The number of aliphatic carboxylic acids is 1. The lowest BCUT2D eigenvalue weighted by molar-refractivity contribution is -0.133. The molecule has 0 atom stereocenters. The van der Waals surface area contributed by atoms with Gasteiger partial charge in [-0.15, -0.1) is 0 Å². The molecular weight excluding hydrogens is 286 g/mol. The Hall–Kier alpha value is -1.27. The molecule has 0 aromatic carbocycles. The van der Waals surface area contributed by atoms with Gasteiger partial charge in [-0.2, -0.15) is 0 Å². The molecule has 7 heteroatoms. The lowest BCUT2D eigenvalue weighted by Gasteiger charge is -2.28. The van der Waals surface area contributed by atoms with Gasteiger partial charge in [-0.3, -0.25) is 4.79 Å². The predicted molar refractivity (Wildman–Crippen MR) is 73.8 cm³/mol. The smallest absolute Gasteiger partial charge is 0.313 e. The van der Waals surface area contributed by atoms with Crippen LogP contribution in [-0.2, 0) is 4.79 Å². The average Bonchev–Trinajstić information content (AvgIpc) is 2.62. The highest BCUT2D eigenvalue weighted by Gasteiger charge is 2.25. The summed E-state index contributed by atoms with van der Waals surface area (Å²) in [6.45, 7) is 0. The molecular formula is C12H12ClN3O2S. The van der Waals surface area contributed by atoms with Crippen LogP contribution in [0.25, 0.3) is 11.2 Å². The van der Waals surface area contributed by atoms with Crippen LogP contribution in [-0.4, -0.2) is 31.4 Å². The molecule has 0 saturated heterocycles. The monoisotopic (exact) mass is 297 g/mol. The summed E-state index contributed by atoms with van der Waals surface area (Å²) in [4.78, 5) is 19.5. The first-order chi connectivity index (χ1) is 9.15. The number of pyridine rings is 1. The molecule has 1 fully saturated rings. The van der Waals surface area contributed by atoms with Crippen molar-refractivity contribution in [3.05, 3.63) is 17.3 Å². The van der Waals surface area contributed by atoms with Gasteiger partial charge in [-0.05, 0) is 25.3 Å². The van der Waals surface area contributed by atoms with Gasteiger partial charge in [0.25, 0.3) is 0 Å². The third-order valence-electron chi connectivity index (χ3n) is 3.23. The van der Waals surface area contributed by atoms with Crippen LogP contribution >= 0.6 is 23.4 Å². The molecule has 1 aliphatic carbocycles. The molecule has 0 radical (unpaired) electrons. The molecule has 3 rings (SSSR count). The van der Waals surface area contributed by atoms with Crippen LogP contribution in [0.2, 0.25) is 5.02 Å². The Morgan fingerprint density at radius 3 is 3.00 bits per heavy atom. The van der Waals surface area contributed by atoms with Crippen molar-refractivity contribution in [3.8, 4) is 0 Å². The van der Waals surface area contributed by atoms with E-state index >= 15 is 0 Å². The quantitative estimate of drug-likeness (QED) is 0.879. The molecule has 2 heterocycles. The molecule has 1 N–H and O–H groups in total. The second kappa shape index (κ2) is 5.02. The van der Waals surface area contributed by atoms with Crippen LogP contribution in [0.1, 0.15) is 25.3 Å². The van der Waals surface area contributed by atoms with Crippen molar-refractivity contribution in [2.75, 3.05) is 5.75 Å². The van der Waals surface area contributed by atoms with Crippen molar-refractivity contribution in [2.45, 2.75) is 30.5 Å². The van der Waals surface area contributed by atoms with E-state index in [1.807, 2.05) is 0 Å². The minimum absolute atomic E-state index is 0.00374. The number of halogens is 1. The van der Waals surface area contributed by atoms with Gasteiger partial charge in [0.2, 0.25) is 0 Å². The van der Waals surface area contributed by atoms with Gasteiger partial charge in [0.1, 0.15) is 5.52 Å². The summed E-state index contributed by atoms with van der Waals surface area (Å²) in [6, 6.07) is 2.15. The lowest BCUT2D eigenvalue weighted by Crippen LogP contribution is -2.18. The normalized spacial score (nSPS) is 15.6. The average molecular weight is 298 g/mol. The summed E-state index contributed by atoms with van der Waals surface area (Å²) in [7, 11) is 0. The minimum Gasteiger partial charge on any atom is -0.481 e. The van der Waals surface area contributed by atoms with Crippen LogP contribution in [0.3, 0.4) is 0 Å². The zero-order valence-corrected chi connectivity index (χ0v) is 11.6. The fourth-order valence-electron chi connectivity index (χ4n) is 2.14. The topological polar surface area (TPSA) is 68.0 Å². The van der Waals surface area contributed by atoms with E-state index in [-0.39, 0.29) is 5.75 Å². The van der Waals surface area contributed by atoms with E-state index in [0.29, 0.717) is 11.1 Å². The fraction of sp³-hybridized carbons (Fsp3) is 0.417. The highest BCUT2D eigenvalue weighted by molar-refractivity contribution is 7.99. The van der Waals surface area contributed by atoms with Crippen molar-refractivity contribution >= 4 is 40.5 Å². The van der Waals surface area contributed by atoms with Crippen LogP contribution in [0.5, 0.6) is 0 Å². The minimum atomic E-state index is -0.844. The lowest BCUT2D eigenvalue weighted by atomic mass is 9.93. The van der Waals surface area contributed by atoms with Crippen molar-refractivity contribution in [2.24, 2.45) is 0 Å². The molecule has 100 valence electrons. The Morgan fingerprint density at radius 2 is 2.37 bits per heavy atom. The summed E-state index contributed by atoms with van der Waals surface area (Å²) < 4.78 is 2.06. The highest BCUT2D eigenvalue weighted by atomic mass is 35.5. The van der Waals surface area contributed by atoms with Gasteiger partial charge in [0.15, 0.2) is 10.8 Å². The van der Waals surface area contributed by atoms with E-state index < -0.39 is 5.97 Å². The van der Waals surface area contributed by atoms with Crippen LogP contribution in [0, 0.1) is 0 Å². The molecule has 19 heavy (non-hydrogen) atoms. The fourth-order valence-corrected chi connectivity index (χ4v) is 3.08. The molecule has 1 saturated carbocycles. The van der Waals surface area contributed by atoms with Gasteiger partial charge in [0, 0.05) is 12.2 Å². The van der Waals surface area contributed by atoms with E-state index in [1.165, 1.54) is 18.2 Å². The Balaban J connectivity index is 2.04. The summed E-state index contributed by atoms with van der Waals surface area (Å²) in [5.41, 5.74) is 1.52. The zero-order valence-electron chi connectivity index (χ0n) is 10.0. The van der Waals surface area contributed by atoms with Gasteiger partial charge < -0.3 is 9.67 Å². The Bertz CT molecular complexity index is 639. The Labute approximate surface area is 119 Å². The number of hydrogen-bond acceptors (Lipinski definition) is 4. The first kappa shape index (κ1) is 12.7. The molecule has 1 aliphatic rings. The number of carbonyl (C=O) groups is 1. The number of aromatic nitrogens is 3. The molecule has 2 aromatic rings. The number of carboxylic acid groups (broad SMARTS) is 1. The molecule has 0 aliphatic heterocycles. The standard InChI is InChI=1S/C12H12ClN3O2S/c13-7-4-9-11(14-5-7)16(8-2-1-3-8)12(15-9)19-6-10(17)18/h4-5,8H,1-3,6H2,(H,17,18). The van der Waals surface area contributed by atoms with Crippen LogP contribution < -0.4 is 0 Å².